The van der Waals surface area contributed by atoms with Crippen LogP contribution in [0.25, 0.3) is 0 Å². The molecule has 0 spiro atoms. The molecule has 0 aromatic heterocycles. The third-order valence-corrected chi connectivity index (χ3v) is 2.70. The van der Waals surface area contributed by atoms with E-state index in [9.17, 15) is 18.4 Å². The van der Waals surface area contributed by atoms with E-state index in [1.807, 2.05) is 0 Å². The molecule has 1 fully saturated rings. The summed E-state index contributed by atoms with van der Waals surface area (Å²) in [4.78, 5) is 23.4. The molecule has 0 saturated carbocycles. The highest BCUT2D eigenvalue weighted by Crippen LogP contribution is 2.21. The van der Waals surface area contributed by atoms with Gasteiger partial charge in [0.25, 0.3) is 5.91 Å². The summed E-state index contributed by atoms with van der Waals surface area (Å²) < 4.78 is 26.2. The smallest absolute Gasteiger partial charge is 0.310 e. The molecule has 17 heavy (non-hydrogen) atoms. The van der Waals surface area contributed by atoms with Gasteiger partial charge in [0.2, 0.25) is 0 Å². The average molecular weight is 241 g/mol. The van der Waals surface area contributed by atoms with E-state index in [0.29, 0.717) is 0 Å². The molecule has 6 heteroatoms. The van der Waals surface area contributed by atoms with Crippen LogP contribution in [0, 0.1) is 17.6 Å². The van der Waals surface area contributed by atoms with Gasteiger partial charge in [-0.2, -0.15) is 0 Å². The van der Waals surface area contributed by atoms with Gasteiger partial charge in [0.15, 0.2) is 11.6 Å². The molecule has 0 aliphatic carbocycles. The van der Waals surface area contributed by atoms with Crippen molar-refractivity contribution in [1.82, 2.24) is 4.90 Å². The fourth-order valence-electron chi connectivity index (χ4n) is 1.64. The van der Waals surface area contributed by atoms with E-state index in [0.717, 1.165) is 6.07 Å². The lowest BCUT2D eigenvalue weighted by atomic mass is 9.99. The van der Waals surface area contributed by atoms with Crippen molar-refractivity contribution in [3.8, 4) is 0 Å². The maximum Gasteiger partial charge on any atom is 0.310 e. The number of rotatable bonds is 2. The lowest BCUT2D eigenvalue weighted by Crippen LogP contribution is -2.53. The minimum absolute atomic E-state index is 0.0319. The van der Waals surface area contributed by atoms with Crippen molar-refractivity contribution in [2.45, 2.75) is 0 Å². The number of halogens is 2. The van der Waals surface area contributed by atoms with Crippen LogP contribution in [0.2, 0.25) is 0 Å². The molecule has 1 saturated heterocycles. The van der Waals surface area contributed by atoms with Gasteiger partial charge in [0.05, 0.1) is 11.5 Å². The number of amides is 1. The van der Waals surface area contributed by atoms with Gasteiger partial charge in [-0.1, -0.05) is 6.07 Å². The Morgan fingerprint density at radius 1 is 1.29 bits per heavy atom. The molecule has 0 radical (unpaired) electrons. The standard InChI is InChI=1S/C11H9F2NO3/c12-8-3-1-2-7(9(8)13)10(15)14-4-6(5-14)11(16)17/h1-3,6H,4-5H2,(H,16,17). The highest BCUT2D eigenvalue weighted by molar-refractivity contribution is 5.95. The van der Waals surface area contributed by atoms with E-state index in [-0.39, 0.29) is 18.7 Å². The molecule has 1 heterocycles. The van der Waals surface area contributed by atoms with Crippen LogP contribution < -0.4 is 0 Å². The number of nitrogens with zero attached hydrogens (tertiary/aromatic N) is 1. The first-order chi connectivity index (χ1) is 8.00. The first-order valence-corrected chi connectivity index (χ1v) is 4.97. The second-order valence-corrected chi connectivity index (χ2v) is 3.85. The zero-order valence-corrected chi connectivity index (χ0v) is 8.69. The minimum Gasteiger partial charge on any atom is -0.481 e. The Hall–Kier alpha value is -1.98. The lowest BCUT2D eigenvalue weighted by molar-refractivity contribution is -0.146. The maximum atomic E-state index is 13.3. The van der Waals surface area contributed by atoms with Gasteiger partial charge < -0.3 is 10.0 Å². The highest BCUT2D eigenvalue weighted by Gasteiger charge is 2.36. The third-order valence-electron chi connectivity index (χ3n) is 2.70. The Morgan fingerprint density at radius 2 is 1.94 bits per heavy atom. The van der Waals surface area contributed by atoms with E-state index in [1.165, 1.54) is 17.0 Å². The van der Waals surface area contributed by atoms with E-state index in [4.69, 9.17) is 5.11 Å². The van der Waals surface area contributed by atoms with E-state index in [2.05, 4.69) is 0 Å². The number of hydrogen-bond donors (Lipinski definition) is 1. The van der Waals surface area contributed by atoms with Crippen LogP contribution >= 0.6 is 0 Å². The maximum absolute atomic E-state index is 13.3. The molecule has 1 N–H and O–H groups in total. The molecule has 0 unspecified atom stereocenters. The largest absolute Gasteiger partial charge is 0.481 e. The number of carbonyl (C=O) groups excluding carboxylic acids is 1. The Morgan fingerprint density at radius 3 is 2.53 bits per heavy atom. The van der Waals surface area contributed by atoms with E-state index < -0.39 is 29.4 Å². The summed E-state index contributed by atoms with van der Waals surface area (Å²) in [6, 6.07) is 3.33. The normalized spacial score (nSPS) is 15.5. The summed E-state index contributed by atoms with van der Waals surface area (Å²) >= 11 is 0. The predicted molar refractivity (Wildman–Crippen MR) is 53.4 cm³/mol. The third kappa shape index (κ3) is 1.98. The van der Waals surface area contributed by atoms with E-state index in [1.54, 1.807) is 0 Å². The van der Waals surface area contributed by atoms with Crippen molar-refractivity contribution in [3.63, 3.8) is 0 Å². The molecule has 0 atom stereocenters. The summed E-state index contributed by atoms with van der Waals surface area (Å²) in [7, 11) is 0. The Kier molecular flexibility index (Phi) is 2.79. The second kappa shape index (κ2) is 4.12. The van der Waals surface area contributed by atoms with Crippen LogP contribution in [0.3, 0.4) is 0 Å². The molecule has 4 nitrogen and oxygen atoms in total. The van der Waals surface area contributed by atoms with Gasteiger partial charge in [-0.05, 0) is 12.1 Å². The van der Waals surface area contributed by atoms with Gasteiger partial charge >= 0.3 is 5.97 Å². The van der Waals surface area contributed by atoms with Crippen molar-refractivity contribution in [3.05, 3.63) is 35.4 Å². The first kappa shape index (κ1) is 11.5. The van der Waals surface area contributed by atoms with Gasteiger partial charge in [0, 0.05) is 13.1 Å². The Bertz CT molecular complexity index is 484. The number of hydrogen-bond acceptors (Lipinski definition) is 2. The Labute approximate surface area is 95.5 Å². The summed E-state index contributed by atoms with van der Waals surface area (Å²) in [6.07, 6.45) is 0. The van der Waals surface area contributed by atoms with Gasteiger partial charge in [-0.25, -0.2) is 8.78 Å². The molecule has 0 bridgehead atoms. The number of aliphatic carboxylic acids is 1. The first-order valence-electron chi connectivity index (χ1n) is 4.97. The number of carbonyl (C=O) groups is 2. The molecule has 1 amide bonds. The molecule has 2 rings (SSSR count). The van der Waals surface area contributed by atoms with Crippen molar-refractivity contribution in [2.75, 3.05) is 13.1 Å². The molecule has 90 valence electrons. The zero-order valence-electron chi connectivity index (χ0n) is 8.69. The van der Waals surface area contributed by atoms with Crippen molar-refractivity contribution >= 4 is 11.9 Å². The number of likely N-dealkylation sites (tertiary alicyclic amines) is 1. The van der Waals surface area contributed by atoms with Crippen molar-refractivity contribution < 1.29 is 23.5 Å². The summed E-state index contributed by atoms with van der Waals surface area (Å²) in [5, 5.41) is 8.63. The topological polar surface area (TPSA) is 57.6 Å². The average Bonchev–Trinajstić information content (AvgIpc) is 2.19. The van der Waals surface area contributed by atoms with Crippen molar-refractivity contribution in [1.29, 1.82) is 0 Å². The Balaban J connectivity index is 2.12. The second-order valence-electron chi connectivity index (χ2n) is 3.85. The van der Waals surface area contributed by atoms with Crippen LogP contribution in [-0.4, -0.2) is 35.0 Å². The summed E-state index contributed by atoms with van der Waals surface area (Å²) in [5.41, 5.74) is -0.367. The van der Waals surface area contributed by atoms with E-state index >= 15 is 0 Å². The lowest BCUT2D eigenvalue weighted by Gasteiger charge is -2.36. The quantitative estimate of drug-likeness (QED) is 0.844. The van der Waals surface area contributed by atoms with Crippen LogP contribution in [-0.2, 0) is 4.79 Å². The SMILES string of the molecule is O=C(O)C1CN(C(=O)c2cccc(F)c2F)C1. The monoisotopic (exact) mass is 241 g/mol. The fourth-order valence-corrected chi connectivity index (χ4v) is 1.64. The molecular formula is C11H9F2NO3. The minimum atomic E-state index is -1.20. The number of benzene rings is 1. The van der Waals surface area contributed by atoms with Crippen LogP contribution in [0.4, 0.5) is 8.78 Å². The fraction of sp³-hybridized carbons (Fsp3) is 0.273. The molecular weight excluding hydrogens is 232 g/mol. The predicted octanol–water partition coefficient (Wildman–Crippen LogP) is 1.12. The van der Waals surface area contributed by atoms with Gasteiger partial charge in [-0.3, -0.25) is 9.59 Å². The molecule has 1 aliphatic heterocycles. The van der Waals surface area contributed by atoms with Crippen LogP contribution in [0.1, 0.15) is 10.4 Å². The molecule has 1 aromatic rings. The molecule has 1 aliphatic rings. The van der Waals surface area contributed by atoms with Gasteiger partial charge in [0.1, 0.15) is 0 Å². The van der Waals surface area contributed by atoms with Crippen molar-refractivity contribution in [2.24, 2.45) is 5.92 Å². The summed E-state index contributed by atoms with van der Waals surface area (Å²) in [5.74, 6) is -4.58. The highest BCUT2D eigenvalue weighted by atomic mass is 19.2. The zero-order chi connectivity index (χ0) is 12.6. The van der Waals surface area contributed by atoms with Crippen LogP contribution in [0.15, 0.2) is 18.2 Å². The van der Waals surface area contributed by atoms with Gasteiger partial charge in [-0.15, -0.1) is 0 Å². The number of carboxylic acids is 1. The molecule has 1 aromatic carbocycles. The van der Waals surface area contributed by atoms with Crippen LogP contribution in [0.5, 0.6) is 0 Å². The number of carboxylic acid groups (broad SMARTS) is 1. The summed E-state index contributed by atoms with van der Waals surface area (Å²) in [6.45, 7) is 0.0637.